The number of hydrogen-bond acceptors (Lipinski definition) is 13. The maximum Gasteiger partial charge on any atom is 0.360 e. The molecule has 4 rings (SSSR count). The summed E-state index contributed by atoms with van der Waals surface area (Å²) in [5.74, 6) is -1.10. The molecule has 19 heteroatoms. The Labute approximate surface area is 220 Å². The first kappa shape index (κ1) is 27.6. The average molecular weight is 566 g/mol. The Morgan fingerprint density at radius 2 is 1.42 bits per heavy atom. The summed E-state index contributed by atoms with van der Waals surface area (Å²) in [6.07, 6.45) is 4.59. The summed E-state index contributed by atoms with van der Waals surface area (Å²) in [6.45, 7) is 0. The van der Waals surface area contributed by atoms with Gasteiger partial charge >= 0.3 is 11.9 Å². The summed E-state index contributed by atoms with van der Waals surface area (Å²) in [4.78, 5) is 51.2. The molecule has 196 valence electrons. The predicted octanol–water partition coefficient (Wildman–Crippen LogP) is 2.63. The topological polar surface area (TPSA) is 213 Å². The first-order chi connectivity index (χ1) is 18.1. The molecule has 0 aliphatic heterocycles. The number of halogens is 2. The number of aromatic nitrogens is 7. The molecule has 0 atom stereocenters. The molecule has 0 bridgehead atoms. The van der Waals surface area contributed by atoms with Gasteiger partial charge in [0.15, 0.2) is 23.0 Å². The van der Waals surface area contributed by atoms with Crippen LogP contribution < -0.4 is 0 Å². The summed E-state index contributed by atoms with van der Waals surface area (Å²) in [5, 5.41) is 32.6. The fourth-order valence-corrected chi connectivity index (χ4v) is 3.12. The second-order valence-corrected chi connectivity index (χ2v) is 7.46. The van der Waals surface area contributed by atoms with Crippen LogP contribution in [0.4, 0.5) is 11.4 Å². The number of hydrogen-bond donors (Lipinski definition) is 0. The number of nitro groups is 2. The van der Waals surface area contributed by atoms with E-state index in [1.807, 2.05) is 0 Å². The Morgan fingerprint density at radius 1 is 0.868 bits per heavy atom. The van der Waals surface area contributed by atoms with Crippen molar-refractivity contribution in [1.29, 1.82) is 0 Å². The Bertz CT molecular complexity index is 1540. The third-order valence-corrected chi connectivity index (χ3v) is 4.91. The van der Waals surface area contributed by atoms with Gasteiger partial charge < -0.3 is 9.47 Å². The van der Waals surface area contributed by atoms with Crippen molar-refractivity contribution in [3.63, 3.8) is 0 Å². The van der Waals surface area contributed by atoms with E-state index >= 15 is 0 Å². The quantitative estimate of drug-likeness (QED) is 0.187. The van der Waals surface area contributed by atoms with Gasteiger partial charge in [0.2, 0.25) is 0 Å². The molecule has 0 radical (unpaired) electrons. The number of methoxy groups -OCH3 is 2. The Hall–Kier alpha value is -5.03. The zero-order chi connectivity index (χ0) is 28.0. The minimum Gasteiger partial charge on any atom is -0.464 e. The number of carbonyl (C=O) groups is 2. The van der Waals surface area contributed by atoms with Crippen LogP contribution in [0.15, 0.2) is 43.0 Å². The average Bonchev–Trinajstić information content (AvgIpc) is 3.58. The lowest BCUT2D eigenvalue weighted by atomic mass is 10.4. The highest BCUT2D eigenvalue weighted by atomic mass is 35.5. The molecule has 0 spiro atoms. The molecular formula is C19H13Cl2N9O8. The van der Waals surface area contributed by atoms with Crippen LogP contribution in [0.25, 0.3) is 11.6 Å². The molecule has 4 aromatic heterocycles. The van der Waals surface area contributed by atoms with Crippen LogP contribution in [-0.4, -0.2) is 70.7 Å². The highest BCUT2D eigenvalue weighted by Crippen LogP contribution is 2.24. The van der Waals surface area contributed by atoms with E-state index in [4.69, 9.17) is 23.2 Å². The van der Waals surface area contributed by atoms with E-state index < -0.39 is 21.8 Å². The number of pyridine rings is 2. The first-order valence-electron chi connectivity index (χ1n) is 9.81. The van der Waals surface area contributed by atoms with Gasteiger partial charge in [-0.05, 0) is 6.07 Å². The molecule has 38 heavy (non-hydrogen) atoms. The van der Waals surface area contributed by atoms with E-state index in [-0.39, 0.29) is 44.4 Å². The highest BCUT2D eigenvalue weighted by Gasteiger charge is 2.19. The SMILES string of the molecule is COC(=O)c1ccnn1-c1ncc([N+](=O)[O-])cc1Cl.COC(=O)c1cnn(-c2ncc([N+](=O)[O-])cc2Cl)n1. The third-order valence-electron chi connectivity index (χ3n) is 4.35. The lowest BCUT2D eigenvalue weighted by Crippen LogP contribution is -2.12. The molecule has 0 saturated carbocycles. The number of carbonyl (C=O) groups excluding carboxylic acids is 2. The maximum atomic E-state index is 11.5. The van der Waals surface area contributed by atoms with Gasteiger partial charge in [-0.15, -0.1) is 9.90 Å². The van der Waals surface area contributed by atoms with E-state index in [0.717, 1.165) is 34.0 Å². The molecule has 0 saturated heterocycles. The van der Waals surface area contributed by atoms with Crippen molar-refractivity contribution in [3.05, 3.63) is 84.6 Å². The fraction of sp³-hybridized carbons (Fsp3) is 0.105. The molecule has 4 aromatic rings. The van der Waals surface area contributed by atoms with Gasteiger partial charge in [0.05, 0.1) is 46.5 Å². The zero-order valence-electron chi connectivity index (χ0n) is 19.1. The van der Waals surface area contributed by atoms with Gasteiger partial charge in [0, 0.05) is 12.1 Å². The number of esters is 2. The fourth-order valence-electron chi connectivity index (χ4n) is 2.64. The van der Waals surface area contributed by atoms with Crippen LogP contribution in [-0.2, 0) is 9.47 Å². The largest absolute Gasteiger partial charge is 0.464 e. The second kappa shape index (κ2) is 11.8. The number of nitrogens with zero attached hydrogens (tertiary/aromatic N) is 9. The minimum absolute atomic E-state index is 0.00283. The summed E-state index contributed by atoms with van der Waals surface area (Å²) in [6, 6.07) is 3.67. The zero-order valence-corrected chi connectivity index (χ0v) is 20.6. The molecule has 0 unspecified atom stereocenters. The Kier molecular flexibility index (Phi) is 8.56. The summed E-state index contributed by atoms with van der Waals surface area (Å²) in [5.41, 5.74) is -0.418. The smallest absolute Gasteiger partial charge is 0.360 e. The van der Waals surface area contributed by atoms with Crippen LogP contribution >= 0.6 is 23.2 Å². The second-order valence-electron chi connectivity index (χ2n) is 6.64. The van der Waals surface area contributed by atoms with Crippen LogP contribution in [0.2, 0.25) is 10.0 Å². The lowest BCUT2D eigenvalue weighted by molar-refractivity contribution is -0.385. The molecule has 0 aliphatic rings. The van der Waals surface area contributed by atoms with Gasteiger partial charge in [-0.1, -0.05) is 23.2 Å². The lowest BCUT2D eigenvalue weighted by Gasteiger charge is -2.06. The van der Waals surface area contributed by atoms with Gasteiger partial charge in [-0.25, -0.2) is 24.2 Å². The van der Waals surface area contributed by atoms with E-state index in [9.17, 15) is 29.8 Å². The molecule has 17 nitrogen and oxygen atoms in total. The van der Waals surface area contributed by atoms with Crippen molar-refractivity contribution < 1.29 is 28.9 Å². The maximum absolute atomic E-state index is 11.5. The van der Waals surface area contributed by atoms with Crippen molar-refractivity contribution in [2.75, 3.05) is 14.2 Å². The monoisotopic (exact) mass is 565 g/mol. The van der Waals surface area contributed by atoms with E-state index in [1.165, 1.54) is 32.7 Å². The first-order valence-corrected chi connectivity index (χ1v) is 10.6. The number of ether oxygens (including phenoxy) is 2. The summed E-state index contributed by atoms with van der Waals surface area (Å²) in [7, 11) is 2.43. The standard InChI is InChI=1S/C10H7ClN4O4.C9H6ClN5O4/c1-19-10(16)8-2-3-13-14(8)9-7(11)4-6(5-12-9)15(17)18;1-19-9(16)7-4-12-14(13-7)8-6(10)2-5(3-11-8)15(17)18/h2-5H,1H3;2-4H,1H3. The van der Waals surface area contributed by atoms with Gasteiger partial charge in [0.25, 0.3) is 11.4 Å². The highest BCUT2D eigenvalue weighted by molar-refractivity contribution is 6.32. The normalized spacial score (nSPS) is 10.2. The van der Waals surface area contributed by atoms with Crippen molar-refractivity contribution in [2.24, 2.45) is 0 Å². The van der Waals surface area contributed by atoms with Gasteiger partial charge in [-0.3, -0.25) is 20.2 Å². The third kappa shape index (κ3) is 6.02. The Balaban J connectivity index is 0.000000211. The van der Waals surface area contributed by atoms with Crippen molar-refractivity contribution >= 4 is 46.5 Å². The Morgan fingerprint density at radius 3 is 1.92 bits per heavy atom. The minimum atomic E-state index is -0.663. The molecule has 0 N–H and O–H groups in total. The van der Waals surface area contributed by atoms with Crippen LogP contribution in [0.1, 0.15) is 21.0 Å². The predicted molar refractivity (Wildman–Crippen MR) is 127 cm³/mol. The molecule has 0 aliphatic carbocycles. The van der Waals surface area contributed by atoms with E-state index in [0.29, 0.717) is 0 Å². The molecule has 0 amide bonds. The van der Waals surface area contributed by atoms with Crippen molar-refractivity contribution in [3.8, 4) is 11.6 Å². The summed E-state index contributed by atoms with van der Waals surface area (Å²) < 4.78 is 10.2. The van der Waals surface area contributed by atoms with Crippen LogP contribution in [0, 0.1) is 20.2 Å². The molecule has 0 fully saturated rings. The van der Waals surface area contributed by atoms with Crippen molar-refractivity contribution in [2.45, 2.75) is 0 Å². The van der Waals surface area contributed by atoms with Gasteiger partial charge in [-0.2, -0.15) is 10.2 Å². The molecule has 0 aromatic carbocycles. The number of rotatable bonds is 6. The van der Waals surface area contributed by atoms with E-state index in [2.05, 4.69) is 34.7 Å². The molecular weight excluding hydrogens is 553 g/mol. The van der Waals surface area contributed by atoms with Crippen LogP contribution in [0.3, 0.4) is 0 Å². The van der Waals surface area contributed by atoms with E-state index in [1.54, 1.807) is 0 Å². The van der Waals surface area contributed by atoms with Gasteiger partial charge in [0.1, 0.15) is 12.4 Å². The van der Waals surface area contributed by atoms with Crippen LogP contribution in [0.5, 0.6) is 0 Å². The molecule has 4 heterocycles. The van der Waals surface area contributed by atoms with Crippen molar-refractivity contribution in [1.82, 2.24) is 34.7 Å². The summed E-state index contributed by atoms with van der Waals surface area (Å²) >= 11 is 11.8.